The highest BCUT2D eigenvalue weighted by Crippen LogP contribution is 2.21. The predicted octanol–water partition coefficient (Wildman–Crippen LogP) is 3.00. The zero-order valence-electron chi connectivity index (χ0n) is 24.8. The van der Waals surface area contributed by atoms with Crippen molar-refractivity contribution in [2.24, 2.45) is 0 Å². The van der Waals surface area contributed by atoms with Crippen molar-refractivity contribution in [3.63, 3.8) is 0 Å². The quantitative estimate of drug-likeness (QED) is 0.363. The molecule has 0 saturated carbocycles. The highest BCUT2D eigenvalue weighted by Gasteiger charge is 2.46. The number of hydrogen-bond donors (Lipinski definition) is 1. The van der Waals surface area contributed by atoms with Gasteiger partial charge in [0.25, 0.3) is 11.8 Å². The van der Waals surface area contributed by atoms with E-state index in [-0.39, 0.29) is 6.61 Å². The zero-order chi connectivity index (χ0) is 30.0. The molecule has 1 unspecified atom stereocenters. The van der Waals surface area contributed by atoms with E-state index in [0.29, 0.717) is 18.6 Å². The second-order valence-corrected chi connectivity index (χ2v) is 10.8. The lowest BCUT2D eigenvalue weighted by atomic mass is 9.92. The Hall–Kier alpha value is -3.55. The van der Waals surface area contributed by atoms with E-state index in [0.717, 1.165) is 63.2 Å². The fraction of sp³-hybridized carbons (Fsp3) is 0.485. The van der Waals surface area contributed by atoms with Gasteiger partial charge in [-0.25, -0.2) is 0 Å². The number of amides is 2. The highest BCUT2D eigenvalue weighted by molar-refractivity contribution is 6.14. The summed E-state index contributed by atoms with van der Waals surface area (Å²) in [5.74, 6) is 4.73. The lowest BCUT2D eigenvalue weighted by molar-refractivity contribution is -0.174. The fourth-order valence-corrected chi connectivity index (χ4v) is 5.01. The Morgan fingerprint density at radius 2 is 1.67 bits per heavy atom. The Bertz CT molecular complexity index is 1270. The van der Waals surface area contributed by atoms with Gasteiger partial charge >= 0.3 is 0 Å². The molecule has 0 aliphatic carbocycles. The van der Waals surface area contributed by atoms with Crippen LogP contribution in [0.5, 0.6) is 0 Å². The highest BCUT2D eigenvalue weighted by atomic mass is 16.7. The summed E-state index contributed by atoms with van der Waals surface area (Å²) in [6.45, 7) is 6.17. The second-order valence-electron chi connectivity index (χ2n) is 10.8. The first-order valence-electron chi connectivity index (χ1n) is 14.6. The summed E-state index contributed by atoms with van der Waals surface area (Å²) in [6, 6.07) is 15.1. The van der Waals surface area contributed by atoms with Crippen molar-refractivity contribution in [1.82, 2.24) is 15.1 Å². The molecule has 0 spiro atoms. The number of rotatable bonds is 9. The van der Waals surface area contributed by atoms with Crippen molar-refractivity contribution in [2.45, 2.75) is 51.0 Å². The van der Waals surface area contributed by atoms with Crippen LogP contribution < -0.4 is 5.32 Å². The Labute approximate surface area is 248 Å². The van der Waals surface area contributed by atoms with Crippen LogP contribution in [-0.4, -0.2) is 92.8 Å². The zero-order valence-corrected chi connectivity index (χ0v) is 24.8. The lowest BCUT2D eigenvalue weighted by Crippen LogP contribution is -2.62. The molecule has 0 aromatic heterocycles. The molecule has 4 rings (SSSR count). The van der Waals surface area contributed by atoms with Crippen molar-refractivity contribution in [3.8, 4) is 11.8 Å². The molecule has 2 aliphatic rings. The summed E-state index contributed by atoms with van der Waals surface area (Å²) in [7, 11) is 2.88. The Morgan fingerprint density at radius 3 is 2.31 bits per heavy atom. The third-order valence-corrected chi connectivity index (χ3v) is 7.88. The number of nitrogens with one attached hydrogen (secondary N) is 1. The van der Waals surface area contributed by atoms with Gasteiger partial charge in [0.2, 0.25) is 0 Å². The lowest BCUT2D eigenvalue weighted by Gasteiger charge is -2.36. The summed E-state index contributed by atoms with van der Waals surface area (Å²) in [6.07, 6.45) is 3.17. The molecule has 2 saturated heterocycles. The summed E-state index contributed by atoms with van der Waals surface area (Å²) in [4.78, 5) is 43.1. The SMILES string of the molecule is CNC(=O)[C@@](C)(C(=O)COC1CCCCO1)N(C)C(=O)c1ccc(C#Cc2ccc(CN3CCCOCC3)cc2)cc1. The molecule has 2 aromatic carbocycles. The number of carbonyl (C=O) groups excluding carboxylic acids is 3. The minimum absolute atomic E-state index is 0.338. The van der Waals surface area contributed by atoms with Crippen LogP contribution in [0.2, 0.25) is 0 Å². The number of carbonyl (C=O) groups is 3. The van der Waals surface area contributed by atoms with Gasteiger partial charge in [-0.05, 0) is 74.6 Å². The minimum Gasteiger partial charge on any atom is -0.380 e. The molecule has 224 valence electrons. The topological polar surface area (TPSA) is 97.4 Å². The summed E-state index contributed by atoms with van der Waals surface area (Å²) >= 11 is 0. The molecule has 2 fully saturated rings. The van der Waals surface area contributed by atoms with E-state index in [9.17, 15) is 14.4 Å². The van der Waals surface area contributed by atoms with Crippen LogP contribution in [0.1, 0.15) is 59.7 Å². The van der Waals surface area contributed by atoms with Crippen LogP contribution in [0.25, 0.3) is 0 Å². The minimum atomic E-state index is -1.76. The largest absolute Gasteiger partial charge is 0.380 e. The average Bonchev–Trinajstić information content (AvgIpc) is 3.31. The van der Waals surface area contributed by atoms with Gasteiger partial charge in [0.1, 0.15) is 6.61 Å². The number of nitrogens with zero attached hydrogens (tertiary/aromatic N) is 2. The average molecular weight is 576 g/mol. The first kappa shape index (κ1) is 31.4. The molecule has 9 nitrogen and oxygen atoms in total. The molecule has 2 aliphatic heterocycles. The Balaban J connectivity index is 1.38. The van der Waals surface area contributed by atoms with Gasteiger partial charge in [-0.3, -0.25) is 19.3 Å². The number of ketones is 1. The van der Waals surface area contributed by atoms with Gasteiger partial charge < -0.3 is 24.4 Å². The summed E-state index contributed by atoms with van der Waals surface area (Å²) in [5.41, 5.74) is 1.47. The predicted molar refractivity (Wildman–Crippen MR) is 159 cm³/mol. The number of benzene rings is 2. The molecule has 2 atom stereocenters. The van der Waals surface area contributed by atoms with Crippen LogP contribution in [0.15, 0.2) is 48.5 Å². The van der Waals surface area contributed by atoms with Crippen molar-refractivity contribution in [3.05, 3.63) is 70.8 Å². The van der Waals surface area contributed by atoms with E-state index < -0.39 is 29.4 Å². The maximum Gasteiger partial charge on any atom is 0.254 e. The summed E-state index contributed by atoms with van der Waals surface area (Å²) < 4.78 is 16.7. The standard InChI is InChI=1S/C33H41N3O6/c1-33(32(39)34-2,29(37)24-42-30-7-4-5-21-41-30)35(3)31(38)28-16-14-26(15-17-28)9-8-25-10-12-27(13-11-25)23-36-18-6-20-40-22-19-36/h10-17,30H,4-7,18-24H2,1-3H3,(H,34,39)/t30?,33-/m1/s1. The number of Topliss-reactive ketones (excluding diaryl/α,β-unsaturated/α-hetero) is 1. The van der Waals surface area contributed by atoms with Crippen LogP contribution in [0.3, 0.4) is 0 Å². The molecule has 2 heterocycles. The second kappa shape index (κ2) is 15.1. The van der Waals surface area contributed by atoms with Crippen LogP contribution in [0, 0.1) is 11.8 Å². The van der Waals surface area contributed by atoms with Crippen molar-refractivity contribution < 1.29 is 28.6 Å². The maximum atomic E-state index is 13.4. The molecule has 1 N–H and O–H groups in total. The van der Waals surface area contributed by atoms with Gasteiger partial charge in [-0.2, -0.15) is 0 Å². The first-order chi connectivity index (χ1) is 20.3. The van der Waals surface area contributed by atoms with E-state index in [1.54, 1.807) is 24.3 Å². The Kier molecular flexibility index (Phi) is 11.3. The molecule has 2 aromatic rings. The molecule has 0 radical (unpaired) electrons. The molecule has 0 bridgehead atoms. The van der Waals surface area contributed by atoms with Crippen molar-refractivity contribution in [2.75, 3.05) is 53.6 Å². The van der Waals surface area contributed by atoms with Crippen molar-refractivity contribution >= 4 is 17.6 Å². The van der Waals surface area contributed by atoms with Crippen LogP contribution in [-0.2, 0) is 30.3 Å². The smallest absolute Gasteiger partial charge is 0.254 e. The third-order valence-electron chi connectivity index (χ3n) is 7.88. The molecule has 2 amide bonds. The van der Waals surface area contributed by atoms with Gasteiger partial charge in [0, 0.05) is 63.6 Å². The van der Waals surface area contributed by atoms with E-state index in [1.165, 1.54) is 31.5 Å². The summed E-state index contributed by atoms with van der Waals surface area (Å²) in [5, 5.41) is 2.51. The van der Waals surface area contributed by atoms with Crippen molar-refractivity contribution in [1.29, 1.82) is 0 Å². The van der Waals surface area contributed by atoms with Crippen LogP contribution in [0.4, 0.5) is 0 Å². The van der Waals surface area contributed by atoms with Crippen LogP contribution >= 0.6 is 0 Å². The monoisotopic (exact) mass is 575 g/mol. The normalized spacial score (nSPS) is 19.0. The number of ether oxygens (including phenoxy) is 3. The van der Waals surface area contributed by atoms with Gasteiger partial charge in [-0.1, -0.05) is 24.0 Å². The fourth-order valence-electron chi connectivity index (χ4n) is 5.01. The molecular weight excluding hydrogens is 534 g/mol. The Morgan fingerprint density at radius 1 is 0.976 bits per heavy atom. The van der Waals surface area contributed by atoms with E-state index in [1.807, 2.05) is 12.1 Å². The molecular formula is C33H41N3O6. The third kappa shape index (κ3) is 8.05. The molecule has 42 heavy (non-hydrogen) atoms. The molecule has 9 heteroatoms. The van der Waals surface area contributed by atoms with E-state index >= 15 is 0 Å². The first-order valence-corrected chi connectivity index (χ1v) is 14.6. The number of likely N-dealkylation sites (N-methyl/N-ethyl adjacent to an activating group) is 2. The van der Waals surface area contributed by atoms with Gasteiger partial charge in [0.15, 0.2) is 17.6 Å². The van der Waals surface area contributed by atoms with E-state index in [2.05, 4.69) is 34.2 Å². The van der Waals surface area contributed by atoms with E-state index in [4.69, 9.17) is 14.2 Å². The maximum absolute atomic E-state index is 13.4. The van der Waals surface area contributed by atoms with Gasteiger partial charge in [0.05, 0.1) is 6.61 Å². The van der Waals surface area contributed by atoms with Gasteiger partial charge in [-0.15, -0.1) is 0 Å². The number of hydrogen-bond acceptors (Lipinski definition) is 7.